The molecular weight excluding hydrogens is 266 g/mol. The van der Waals surface area contributed by atoms with Crippen molar-refractivity contribution in [2.24, 2.45) is 5.41 Å². The lowest BCUT2D eigenvalue weighted by atomic mass is 9.92. The SMILES string of the molecule is CC(C)(C)CC(=O)Nc1ccc(N2CCCNC2=O)cc1. The fourth-order valence-corrected chi connectivity index (χ4v) is 2.29. The molecule has 114 valence electrons. The topological polar surface area (TPSA) is 61.4 Å². The Hall–Kier alpha value is -2.04. The summed E-state index contributed by atoms with van der Waals surface area (Å²) in [6.45, 7) is 7.55. The molecule has 1 aliphatic heterocycles. The van der Waals surface area contributed by atoms with Gasteiger partial charge in [0.15, 0.2) is 0 Å². The molecule has 0 unspecified atom stereocenters. The molecule has 1 saturated heterocycles. The molecular formula is C16H23N3O2. The Morgan fingerprint density at radius 3 is 2.52 bits per heavy atom. The van der Waals surface area contributed by atoms with Crippen LogP contribution in [0.5, 0.6) is 0 Å². The van der Waals surface area contributed by atoms with Gasteiger partial charge in [-0.3, -0.25) is 9.69 Å². The molecule has 0 aromatic heterocycles. The minimum Gasteiger partial charge on any atom is -0.338 e. The summed E-state index contributed by atoms with van der Waals surface area (Å²) in [4.78, 5) is 25.4. The second-order valence-electron chi connectivity index (χ2n) is 6.57. The average Bonchev–Trinajstić information content (AvgIpc) is 2.38. The van der Waals surface area contributed by atoms with Gasteiger partial charge in [-0.1, -0.05) is 20.8 Å². The van der Waals surface area contributed by atoms with E-state index in [2.05, 4.69) is 10.6 Å². The van der Waals surface area contributed by atoms with Crippen LogP contribution in [0.3, 0.4) is 0 Å². The van der Waals surface area contributed by atoms with Crippen LogP contribution < -0.4 is 15.5 Å². The zero-order chi connectivity index (χ0) is 15.5. The number of carbonyl (C=O) groups is 2. The summed E-state index contributed by atoms with van der Waals surface area (Å²) in [6.07, 6.45) is 1.42. The summed E-state index contributed by atoms with van der Waals surface area (Å²) in [5.41, 5.74) is 1.57. The second kappa shape index (κ2) is 6.16. The van der Waals surface area contributed by atoms with Crippen molar-refractivity contribution < 1.29 is 9.59 Å². The standard InChI is InChI=1S/C16H23N3O2/c1-16(2,3)11-14(20)18-12-5-7-13(8-6-12)19-10-4-9-17-15(19)21/h5-8H,4,9-11H2,1-3H3,(H,17,21)(H,18,20). The number of urea groups is 1. The predicted molar refractivity (Wildman–Crippen MR) is 84.5 cm³/mol. The molecule has 1 aliphatic rings. The summed E-state index contributed by atoms with van der Waals surface area (Å²) in [5.74, 6) is 0.00552. The largest absolute Gasteiger partial charge is 0.338 e. The van der Waals surface area contributed by atoms with Crippen molar-refractivity contribution in [2.45, 2.75) is 33.6 Å². The quantitative estimate of drug-likeness (QED) is 0.898. The monoisotopic (exact) mass is 289 g/mol. The van der Waals surface area contributed by atoms with Crippen molar-refractivity contribution in [3.63, 3.8) is 0 Å². The number of nitrogens with zero attached hydrogens (tertiary/aromatic N) is 1. The van der Waals surface area contributed by atoms with Crippen LogP contribution in [0.25, 0.3) is 0 Å². The number of rotatable bonds is 3. The fraction of sp³-hybridized carbons (Fsp3) is 0.500. The Morgan fingerprint density at radius 2 is 1.95 bits per heavy atom. The first-order valence-corrected chi connectivity index (χ1v) is 7.30. The molecule has 21 heavy (non-hydrogen) atoms. The van der Waals surface area contributed by atoms with Gasteiger partial charge in [-0.05, 0) is 36.1 Å². The van der Waals surface area contributed by atoms with Crippen LogP contribution >= 0.6 is 0 Å². The average molecular weight is 289 g/mol. The summed E-state index contributed by atoms with van der Waals surface area (Å²) in [6, 6.07) is 7.32. The van der Waals surface area contributed by atoms with E-state index in [1.807, 2.05) is 45.0 Å². The number of carbonyl (C=O) groups excluding carboxylic acids is 2. The van der Waals surface area contributed by atoms with E-state index in [1.54, 1.807) is 4.90 Å². The highest BCUT2D eigenvalue weighted by atomic mass is 16.2. The van der Waals surface area contributed by atoms with E-state index in [9.17, 15) is 9.59 Å². The van der Waals surface area contributed by atoms with Crippen LogP contribution in [-0.4, -0.2) is 25.0 Å². The Balaban J connectivity index is 1.99. The molecule has 2 rings (SSSR count). The van der Waals surface area contributed by atoms with Crippen molar-refractivity contribution in [3.8, 4) is 0 Å². The van der Waals surface area contributed by atoms with Crippen LogP contribution in [0.4, 0.5) is 16.2 Å². The van der Waals surface area contributed by atoms with E-state index in [0.717, 1.165) is 30.9 Å². The Morgan fingerprint density at radius 1 is 1.29 bits per heavy atom. The van der Waals surface area contributed by atoms with Crippen LogP contribution in [0.2, 0.25) is 0 Å². The van der Waals surface area contributed by atoms with E-state index in [4.69, 9.17) is 0 Å². The van der Waals surface area contributed by atoms with Crippen molar-refractivity contribution >= 4 is 23.3 Å². The number of amides is 3. The van der Waals surface area contributed by atoms with Gasteiger partial charge in [0, 0.05) is 30.9 Å². The lowest BCUT2D eigenvalue weighted by Crippen LogP contribution is -2.46. The van der Waals surface area contributed by atoms with E-state index in [-0.39, 0.29) is 17.4 Å². The Labute approximate surface area is 125 Å². The van der Waals surface area contributed by atoms with Gasteiger partial charge < -0.3 is 10.6 Å². The second-order valence-corrected chi connectivity index (χ2v) is 6.57. The van der Waals surface area contributed by atoms with E-state index < -0.39 is 0 Å². The summed E-state index contributed by atoms with van der Waals surface area (Å²) in [5, 5.41) is 5.70. The molecule has 0 bridgehead atoms. The lowest BCUT2D eigenvalue weighted by molar-refractivity contribution is -0.117. The van der Waals surface area contributed by atoms with Crippen molar-refractivity contribution in [3.05, 3.63) is 24.3 Å². The van der Waals surface area contributed by atoms with Gasteiger partial charge in [-0.25, -0.2) is 4.79 Å². The highest BCUT2D eigenvalue weighted by molar-refractivity contribution is 5.94. The third-order valence-electron chi connectivity index (χ3n) is 3.23. The molecule has 5 heteroatoms. The fourth-order valence-electron chi connectivity index (χ4n) is 2.29. The molecule has 1 aromatic carbocycles. The molecule has 0 saturated carbocycles. The van der Waals surface area contributed by atoms with Gasteiger partial charge in [0.1, 0.15) is 0 Å². The van der Waals surface area contributed by atoms with E-state index in [0.29, 0.717) is 6.42 Å². The molecule has 0 spiro atoms. The summed E-state index contributed by atoms with van der Waals surface area (Å²) < 4.78 is 0. The van der Waals surface area contributed by atoms with Gasteiger partial charge in [-0.15, -0.1) is 0 Å². The maximum absolute atomic E-state index is 11.9. The lowest BCUT2D eigenvalue weighted by Gasteiger charge is -2.27. The van der Waals surface area contributed by atoms with Crippen LogP contribution in [0.1, 0.15) is 33.6 Å². The smallest absolute Gasteiger partial charge is 0.321 e. The first-order chi connectivity index (χ1) is 9.85. The number of anilines is 2. The Bertz CT molecular complexity index is 517. The third kappa shape index (κ3) is 4.48. The minimum absolute atomic E-state index is 0.00552. The summed E-state index contributed by atoms with van der Waals surface area (Å²) >= 11 is 0. The molecule has 0 atom stereocenters. The van der Waals surface area contributed by atoms with Gasteiger partial charge in [0.25, 0.3) is 0 Å². The van der Waals surface area contributed by atoms with E-state index in [1.165, 1.54) is 0 Å². The molecule has 0 radical (unpaired) electrons. The van der Waals surface area contributed by atoms with Gasteiger partial charge >= 0.3 is 6.03 Å². The summed E-state index contributed by atoms with van der Waals surface area (Å²) in [7, 11) is 0. The van der Waals surface area contributed by atoms with E-state index >= 15 is 0 Å². The number of benzene rings is 1. The molecule has 1 aromatic rings. The van der Waals surface area contributed by atoms with Crippen LogP contribution in [0, 0.1) is 5.41 Å². The predicted octanol–water partition coefficient (Wildman–Crippen LogP) is 2.98. The molecule has 1 heterocycles. The van der Waals surface area contributed by atoms with Crippen LogP contribution in [0.15, 0.2) is 24.3 Å². The molecule has 2 N–H and O–H groups in total. The molecule has 0 aliphatic carbocycles. The maximum atomic E-state index is 11.9. The van der Waals surface area contributed by atoms with Crippen molar-refractivity contribution in [1.82, 2.24) is 5.32 Å². The zero-order valence-electron chi connectivity index (χ0n) is 12.9. The highest BCUT2D eigenvalue weighted by Gasteiger charge is 2.19. The Kier molecular flexibility index (Phi) is 4.50. The molecule has 1 fully saturated rings. The number of nitrogens with one attached hydrogen (secondary N) is 2. The van der Waals surface area contributed by atoms with Gasteiger partial charge in [-0.2, -0.15) is 0 Å². The normalized spacial score (nSPS) is 15.6. The first kappa shape index (κ1) is 15.4. The molecule has 5 nitrogen and oxygen atoms in total. The molecule has 3 amide bonds. The zero-order valence-corrected chi connectivity index (χ0v) is 12.9. The highest BCUT2D eigenvalue weighted by Crippen LogP contribution is 2.22. The maximum Gasteiger partial charge on any atom is 0.321 e. The van der Waals surface area contributed by atoms with Crippen molar-refractivity contribution in [2.75, 3.05) is 23.3 Å². The minimum atomic E-state index is -0.0641. The number of hydrogen-bond donors (Lipinski definition) is 2. The first-order valence-electron chi connectivity index (χ1n) is 7.30. The van der Waals surface area contributed by atoms with Gasteiger partial charge in [0.2, 0.25) is 5.91 Å². The van der Waals surface area contributed by atoms with Gasteiger partial charge in [0.05, 0.1) is 0 Å². The third-order valence-corrected chi connectivity index (χ3v) is 3.23. The van der Waals surface area contributed by atoms with Crippen molar-refractivity contribution in [1.29, 1.82) is 0 Å². The van der Waals surface area contributed by atoms with Crippen LogP contribution in [-0.2, 0) is 4.79 Å². The number of hydrogen-bond acceptors (Lipinski definition) is 2.